The van der Waals surface area contributed by atoms with Crippen LogP contribution in [0.15, 0.2) is 30.3 Å². The zero-order valence-electron chi connectivity index (χ0n) is 15.3. The van der Waals surface area contributed by atoms with Crippen LogP contribution in [0.1, 0.15) is 36.5 Å². The third-order valence-corrected chi connectivity index (χ3v) is 5.88. The molecule has 0 aromatic heterocycles. The summed E-state index contributed by atoms with van der Waals surface area (Å²) in [7, 11) is 0. The van der Waals surface area contributed by atoms with Gasteiger partial charge in [0.2, 0.25) is 5.91 Å². The monoisotopic (exact) mass is 398 g/mol. The normalized spacial score (nSPS) is 27.9. The Morgan fingerprint density at radius 2 is 1.71 bits per heavy atom. The standard InChI is InChI=1S/C19H21F3N2O4/c1-17(8-5-10-24(17)14(25)13-6-3-2-4-7-13)15(26)23-11-9-18(12-23,16(27)28)19(20,21)22/h2-4,6-7H,5,8-12H2,1H3,(H,27,28). The van der Waals surface area contributed by atoms with E-state index < -0.39 is 42.0 Å². The molecule has 152 valence electrons. The summed E-state index contributed by atoms with van der Waals surface area (Å²) in [6.07, 6.45) is -4.81. The average Bonchev–Trinajstić information content (AvgIpc) is 3.26. The Hall–Kier alpha value is -2.58. The van der Waals surface area contributed by atoms with Gasteiger partial charge in [-0.2, -0.15) is 13.2 Å². The minimum Gasteiger partial charge on any atom is -0.481 e. The first-order chi connectivity index (χ1) is 13.0. The van der Waals surface area contributed by atoms with Crippen molar-refractivity contribution in [3.05, 3.63) is 35.9 Å². The van der Waals surface area contributed by atoms with Gasteiger partial charge in [-0.3, -0.25) is 14.4 Å². The molecule has 2 amide bonds. The van der Waals surface area contributed by atoms with Gasteiger partial charge in [0.1, 0.15) is 5.54 Å². The predicted octanol–water partition coefficient (Wildman–Crippen LogP) is 2.55. The van der Waals surface area contributed by atoms with Gasteiger partial charge in [-0.15, -0.1) is 0 Å². The molecule has 2 aliphatic rings. The predicted molar refractivity (Wildman–Crippen MR) is 92.4 cm³/mol. The molecule has 3 rings (SSSR count). The van der Waals surface area contributed by atoms with E-state index in [2.05, 4.69) is 0 Å². The van der Waals surface area contributed by atoms with Crippen LogP contribution in [-0.4, -0.2) is 64.0 Å². The van der Waals surface area contributed by atoms with Gasteiger partial charge in [0, 0.05) is 25.2 Å². The van der Waals surface area contributed by atoms with Crippen molar-refractivity contribution in [3.63, 3.8) is 0 Å². The highest BCUT2D eigenvalue weighted by Crippen LogP contribution is 2.47. The number of halogens is 3. The number of rotatable bonds is 3. The summed E-state index contributed by atoms with van der Waals surface area (Å²) >= 11 is 0. The molecule has 28 heavy (non-hydrogen) atoms. The highest BCUT2D eigenvalue weighted by Gasteiger charge is 2.65. The molecule has 1 aromatic carbocycles. The van der Waals surface area contributed by atoms with Crippen LogP contribution >= 0.6 is 0 Å². The quantitative estimate of drug-likeness (QED) is 0.849. The van der Waals surface area contributed by atoms with Crippen LogP contribution in [0, 0.1) is 5.41 Å². The van der Waals surface area contributed by atoms with Crippen LogP contribution in [0.2, 0.25) is 0 Å². The van der Waals surface area contributed by atoms with E-state index in [1.165, 1.54) is 11.8 Å². The van der Waals surface area contributed by atoms with E-state index in [-0.39, 0.29) is 12.5 Å². The van der Waals surface area contributed by atoms with E-state index in [1.807, 2.05) is 0 Å². The maximum absolute atomic E-state index is 13.4. The average molecular weight is 398 g/mol. The minimum atomic E-state index is -4.97. The Balaban J connectivity index is 1.85. The highest BCUT2D eigenvalue weighted by atomic mass is 19.4. The molecule has 1 N–H and O–H groups in total. The molecule has 1 aromatic rings. The lowest BCUT2D eigenvalue weighted by molar-refractivity contribution is -0.227. The molecule has 0 radical (unpaired) electrons. The maximum atomic E-state index is 13.4. The Bertz CT molecular complexity index is 798. The van der Waals surface area contributed by atoms with Crippen molar-refractivity contribution in [1.82, 2.24) is 9.80 Å². The second kappa shape index (κ2) is 6.79. The van der Waals surface area contributed by atoms with Gasteiger partial charge in [0.25, 0.3) is 5.91 Å². The van der Waals surface area contributed by atoms with Crippen molar-refractivity contribution in [2.75, 3.05) is 19.6 Å². The number of benzene rings is 1. The third-order valence-electron chi connectivity index (χ3n) is 5.88. The third kappa shape index (κ3) is 3.02. The van der Waals surface area contributed by atoms with Crippen molar-refractivity contribution < 1.29 is 32.7 Å². The number of carboxylic acids is 1. The number of carbonyl (C=O) groups excluding carboxylic acids is 2. The SMILES string of the molecule is CC1(C(=O)N2CCC(C(=O)O)(C(F)(F)F)C2)CCCN1C(=O)c1ccccc1. The van der Waals surface area contributed by atoms with E-state index in [1.54, 1.807) is 30.3 Å². The lowest BCUT2D eigenvalue weighted by Gasteiger charge is -2.37. The zero-order chi connectivity index (χ0) is 20.7. The molecular formula is C19H21F3N2O4. The van der Waals surface area contributed by atoms with Crippen LogP contribution in [-0.2, 0) is 9.59 Å². The van der Waals surface area contributed by atoms with Crippen molar-refractivity contribution >= 4 is 17.8 Å². The highest BCUT2D eigenvalue weighted by molar-refractivity contribution is 5.99. The lowest BCUT2D eigenvalue weighted by Crippen LogP contribution is -2.57. The number of hydrogen-bond acceptors (Lipinski definition) is 3. The summed E-state index contributed by atoms with van der Waals surface area (Å²) in [6, 6.07) is 8.35. The Morgan fingerprint density at radius 3 is 2.25 bits per heavy atom. The summed E-state index contributed by atoms with van der Waals surface area (Å²) in [6.45, 7) is 0.603. The number of alkyl halides is 3. The van der Waals surface area contributed by atoms with E-state index >= 15 is 0 Å². The number of hydrogen-bond donors (Lipinski definition) is 1. The molecule has 0 saturated carbocycles. The molecule has 2 saturated heterocycles. The smallest absolute Gasteiger partial charge is 0.406 e. The van der Waals surface area contributed by atoms with E-state index in [4.69, 9.17) is 0 Å². The first-order valence-corrected chi connectivity index (χ1v) is 8.99. The Labute approximate surface area is 159 Å². The molecule has 2 unspecified atom stereocenters. The fraction of sp³-hybridized carbons (Fsp3) is 0.526. The van der Waals surface area contributed by atoms with Gasteiger partial charge in [0.05, 0.1) is 0 Å². The lowest BCUT2D eigenvalue weighted by atomic mass is 9.86. The van der Waals surface area contributed by atoms with Crippen molar-refractivity contribution in [1.29, 1.82) is 0 Å². The first kappa shape index (κ1) is 20.2. The second-order valence-electron chi connectivity index (χ2n) is 7.56. The molecule has 2 heterocycles. The minimum absolute atomic E-state index is 0.312. The van der Waals surface area contributed by atoms with E-state index in [9.17, 15) is 32.7 Å². The molecule has 0 aliphatic carbocycles. The number of nitrogens with zero attached hydrogens (tertiary/aromatic N) is 2. The molecule has 2 aliphatic heterocycles. The molecule has 2 fully saturated rings. The molecular weight excluding hydrogens is 377 g/mol. The fourth-order valence-corrected chi connectivity index (χ4v) is 4.10. The zero-order valence-corrected chi connectivity index (χ0v) is 15.3. The van der Waals surface area contributed by atoms with Crippen molar-refractivity contribution in [3.8, 4) is 0 Å². The van der Waals surface area contributed by atoms with Crippen LogP contribution in [0.3, 0.4) is 0 Å². The van der Waals surface area contributed by atoms with Crippen LogP contribution in [0.4, 0.5) is 13.2 Å². The number of carbonyl (C=O) groups is 3. The maximum Gasteiger partial charge on any atom is 0.406 e. The Kier molecular flexibility index (Phi) is 4.89. The fourth-order valence-electron chi connectivity index (χ4n) is 4.10. The van der Waals surface area contributed by atoms with Gasteiger partial charge in [-0.1, -0.05) is 18.2 Å². The van der Waals surface area contributed by atoms with Crippen LogP contribution in [0.5, 0.6) is 0 Å². The number of carboxylic acid groups (broad SMARTS) is 1. The molecule has 0 spiro atoms. The summed E-state index contributed by atoms with van der Waals surface area (Å²) in [4.78, 5) is 39.7. The number of aliphatic carboxylic acids is 1. The largest absolute Gasteiger partial charge is 0.481 e. The summed E-state index contributed by atoms with van der Waals surface area (Å²) in [5.74, 6) is -2.99. The van der Waals surface area contributed by atoms with Crippen LogP contribution in [0.25, 0.3) is 0 Å². The van der Waals surface area contributed by atoms with E-state index in [0.29, 0.717) is 24.9 Å². The summed E-state index contributed by atoms with van der Waals surface area (Å²) in [5.41, 5.74) is -3.88. The van der Waals surface area contributed by atoms with E-state index in [0.717, 1.165) is 4.90 Å². The van der Waals surface area contributed by atoms with Crippen molar-refractivity contribution in [2.24, 2.45) is 5.41 Å². The topological polar surface area (TPSA) is 77.9 Å². The van der Waals surface area contributed by atoms with Crippen molar-refractivity contribution in [2.45, 2.75) is 37.9 Å². The number of likely N-dealkylation sites (tertiary alicyclic amines) is 2. The first-order valence-electron chi connectivity index (χ1n) is 8.99. The van der Waals surface area contributed by atoms with Gasteiger partial charge in [-0.05, 0) is 38.3 Å². The van der Waals surface area contributed by atoms with Gasteiger partial charge >= 0.3 is 12.1 Å². The van der Waals surface area contributed by atoms with Crippen LogP contribution < -0.4 is 0 Å². The molecule has 0 bridgehead atoms. The second-order valence-corrected chi connectivity index (χ2v) is 7.56. The van der Waals surface area contributed by atoms with Gasteiger partial charge < -0.3 is 14.9 Å². The van der Waals surface area contributed by atoms with Gasteiger partial charge in [-0.25, -0.2) is 0 Å². The Morgan fingerprint density at radius 1 is 1.07 bits per heavy atom. The number of amides is 2. The molecule has 6 nitrogen and oxygen atoms in total. The van der Waals surface area contributed by atoms with Gasteiger partial charge in [0.15, 0.2) is 5.41 Å². The molecule has 9 heteroatoms. The molecule has 2 atom stereocenters. The summed E-state index contributed by atoms with van der Waals surface area (Å²) < 4.78 is 40.3. The summed E-state index contributed by atoms with van der Waals surface area (Å²) in [5, 5.41) is 9.19.